The number of hydrogen-bond acceptors (Lipinski definition) is 3. The topological polar surface area (TPSA) is 34.9 Å². The molecular weight excluding hydrogens is 352 g/mol. The van der Waals surface area contributed by atoms with E-state index in [0.29, 0.717) is 0 Å². The minimum Gasteiger partial charge on any atom is -0.287 e. The van der Waals surface area contributed by atoms with Crippen molar-refractivity contribution in [3.05, 3.63) is 58.4 Å². The molecule has 1 saturated carbocycles. The molecule has 0 bridgehead atoms. The molecule has 142 valence electrons. The lowest BCUT2D eigenvalue weighted by atomic mass is 9.68. The van der Waals surface area contributed by atoms with Gasteiger partial charge in [-0.3, -0.25) is 9.36 Å². The second-order valence-corrected chi connectivity index (χ2v) is 8.84. The quantitative estimate of drug-likeness (QED) is 0.385. The second kappa shape index (κ2) is 7.67. The van der Waals surface area contributed by atoms with E-state index in [0.717, 1.165) is 66.4 Å². The summed E-state index contributed by atoms with van der Waals surface area (Å²) in [6.07, 6.45) is 9.59. The molecule has 1 heterocycles. The van der Waals surface area contributed by atoms with Gasteiger partial charge in [-0.2, -0.15) is 0 Å². The maximum absolute atomic E-state index is 13.8. The highest BCUT2D eigenvalue weighted by atomic mass is 32.2. The monoisotopic (exact) mass is 380 g/mol. The first-order valence-corrected chi connectivity index (χ1v) is 11.2. The summed E-state index contributed by atoms with van der Waals surface area (Å²) in [6, 6.07) is 8.54. The van der Waals surface area contributed by atoms with Crippen molar-refractivity contribution in [1.82, 2.24) is 9.55 Å². The number of fused-ring (bicyclic) bond motifs is 4. The van der Waals surface area contributed by atoms with Crippen molar-refractivity contribution in [2.75, 3.05) is 5.75 Å². The van der Waals surface area contributed by atoms with Gasteiger partial charge in [-0.1, -0.05) is 68.3 Å². The van der Waals surface area contributed by atoms with Crippen molar-refractivity contribution in [1.29, 1.82) is 0 Å². The van der Waals surface area contributed by atoms with Crippen LogP contribution in [0.4, 0.5) is 0 Å². The fraction of sp³-hybridized carbons (Fsp3) is 0.478. The molecule has 0 unspecified atom stereocenters. The van der Waals surface area contributed by atoms with E-state index in [-0.39, 0.29) is 11.0 Å². The first-order valence-electron chi connectivity index (χ1n) is 10.2. The SMILES string of the molecule is C=CCSc1nc2c(c(=O)n1CCCC)C1(CCCC1)Cc1ccccc1-2. The summed E-state index contributed by atoms with van der Waals surface area (Å²) < 4.78 is 1.95. The summed E-state index contributed by atoms with van der Waals surface area (Å²) in [5.41, 5.74) is 4.65. The van der Waals surface area contributed by atoms with Crippen LogP contribution in [0.25, 0.3) is 11.3 Å². The number of hydrogen-bond donors (Lipinski definition) is 0. The molecule has 1 aromatic heterocycles. The van der Waals surface area contributed by atoms with Gasteiger partial charge in [0.05, 0.1) is 11.3 Å². The Kier molecular flexibility index (Phi) is 5.27. The summed E-state index contributed by atoms with van der Waals surface area (Å²) in [4.78, 5) is 18.9. The van der Waals surface area contributed by atoms with Crippen LogP contribution in [0.3, 0.4) is 0 Å². The molecule has 0 radical (unpaired) electrons. The van der Waals surface area contributed by atoms with Crippen LogP contribution in [0.2, 0.25) is 0 Å². The molecule has 3 nitrogen and oxygen atoms in total. The Morgan fingerprint density at radius 1 is 1.30 bits per heavy atom. The fourth-order valence-electron chi connectivity index (χ4n) is 4.80. The van der Waals surface area contributed by atoms with Gasteiger partial charge in [0.2, 0.25) is 0 Å². The summed E-state index contributed by atoms with van der Waals surface area (Å²) in [5, 5.41) is 0.844. The van der Waals surface area contributed by atoms with Crippen LogP contribution in [0.5, 0.6) is 0 Å². The summed E-state index contributed by atoms with van der Waals surface area (Å²) >= 11 is 1.62. The number of benzene rings is 1. The van der Waals surface area contributed by atoms with Crippen LogP contribution < -0.4 is 5.56 Å². The Labute approximate surface area is 165 Å². The molecule has 0 amide bonds. The zero-order valence-electron chi connectivity index (χ0n) is 16.2. The molecule has 4 heteroatoms. The number of unbranched alkanes of at least 4 members (excludes halogenated alkanes) is 1. The molecule has 2 aromatic rings. The van der Waals surface area contributed by atoms with E-state index in [1.54, 1.807) is 11.8 Å². The van der Waals surface area contributed by atoms with E-state index in [1.807, 2.05) is 10.6 Å². The van der Waals surface area contributed by atoms with Crippen LogP contribution in [0, 0.1) is 0 Å². The number of rotatable bonds is 6. The first-order chi connectivity index (χ1) is 13.2. The van der Waals surface area contributed by atoms with Crippen LogP contribution in [-0.2, 0) is 18.4 Å². The van der Waals surface area contributed by atoms with E-state index in [4.69, 9.17) is 4.98 Å². The molecule has 0 saturated heterocycles. The Hall–Kier alpha value is -1.81. The van der Waals surface area contributed by atoms with Crippen molar-refractivity contribution >= 4 is 11.8 Å². The summed E-state index contributed by atoms with van der Waals surface area (Å²) in [5.74, 6) is 0.768. The molecule has 4 rings (SSSR count). The molecule has 1 spiro atoms. The molecule has 1 fully saturated rings. The molecule has 2 aliphatic carbocycles. The Morgan fingerprint density at radius 2 is 2.07 bits per heavy atom. The first kappa shape index (κ1) is 18.5. The van der Waals surface area contributed by atoms with Gasteiger partial charge in [0, 0.05) is 23.3 Å². The van der Waals surface area contributed by atoms with Gasteiger partial charge in [-0.05, 0) is 31.2 Å². The Balaban J connectivity index is 1.96. The van der Waals surface area contributed by atoms with E-state index in [1.165, 1.54) is 18.4 Å². The third-order valence-electron chi connectivity index (χ3n) is 6.09. The number of aromatic nitrogens is 2. The highest BCUT2D eigenvalue weighted by molar-refractivity contribution is 7.99. The fourth-order valence-corrected chi connectivity index (χ4v) is 5.55. The molecule has 27 heavy (non-hydrogen) atoms. The number of thioether (sulfide) groups is 1. The van der Waals surface area contributed by atoms with Gasteiger partial charge in [0.1, 0.15) is 0 Å². The summed E-state index contributed by atoms with van der Waals surface area (Å²) in [7, 11) is 0. The van der Waals surface area contributed by atoms with Crippen LogP contribution in [-0.4, -0.2) is 15.3 Å². The highest BCUT2D eigenvalue weighted by Gasteiger charge is 2.44. The van der Waals surface area contributed by atoms with Crippen molar-refractivity contribution in [3.8, 4) is 11.3 Å². The van der Waals surface area contributed by atoms with Crippen LogP contribution in [0.1, 0.15) is 56.6 Å². The van der Waals surface area contributed by atoms with Gasteiger partial charge in [-0.15, -0.1) is 6.58 Å². The van der Waals surface area contributed by atoms with Crippen molar-refractivity contribution in [2.45, 2.75) is 69.0 Å². The maximum Gasteiger partial charge on any atom is 0.258 e. The summed E-state index contributed by atoms with van der Waals surface area (Å²) in [6.45, 7) is 6.76. The van der Waals surface area contributed by atoms with Gasteiger partial charge >= 0.3 is 0 Å². The van der Waals surface area contributed by atoms with E-state index in [2.05, 4.69) is 37.8 Å². The zero-order valence-corrected chi connectivity index (χ0v) is 17.0. The molecule has 1 aromatic carbocycles. The van der Waals surface area contributed by atoms with Crippen molar-refractivity contribution in [3.63, 3.8) is 0 Å². The number of nitrogens with zero attached hydrogens (tertiary/aromatic N) is 2. The van der Waals surface area contributed by atoms with E-state index >= 15 is 0 Å². The van der Waals surface area contributed by atoms with Gasteiger partial charge < -0.3 is 0 Å². The van der Waals surface area contributed by atoms with Crippen molar-refractivity contribution < 1.29 is 0 Å². The molecule has 0 N–H and O–H groups in total. The Bertz CT molecular complexity index is 909. The largest absolute Gasteiger partial charge is 0.287 e. The van der Waals surface area contributed by atoms with E-state index in [9.17, 15) is 4.79 Å². The third kappa shape index (κ3) is 3.18. The predicted molar refractivity (Wildman–Crippen MR) is 114 cm³/mol. The highest BCUT2D eigenvalue weighted by Crippen LogP contribution is 2.49. The average molecular weight is 381 g/mol. The lowest BCUT2D eigenvalue weighted by Gasteiger charge is -2.36. The second-order valence-electron chi connectivity index (χ2n) is 7.85. The van der Waals surface area contributed by atoms with Gasteiger partial charge in [0.15, 0.2) is 5.16 Å². The molecule has 0 atom stereocenters. The maximum atomic E-state index is 13.8. The predicted octanol–water partition coefficient (Wildman–Crippen LogP) is 5.36. The van der Waals surface area contributed by atoms with Gasteiger partial charge in [-0.25, -0.2) is 4.98 Å². The lowest BCUT2D eigenvalue weighted by Crippen LogP contribution is -2.40. The lowest BCUT2D eigenvalue weighted by molar-refractivity contribution is 0.413. The van der Waals surface area contributed by atoms with Crippen LogP contribution in [0.15, 0.2) is 46.9 Å². The minimum absolute atomic E-state index is 0.0105. The average Bonchev–Trinajstić information content (AvgIpc) is 3.14. The third-order valence-corrected chi connectivity index (χ3v) is 7.06. The standard InChI is InChI=1S/C23H28N2OS/c1-3-5-14-25-21(26)19-20(24-22(25)27-15-4-2)18-11-7-6-10-17(18)16-23(19)12-8-9-13-23/h4,6-7,10-11H,2-3,5,8-9,12-16H2,1H3. The van der Waals surface area contributed by atoms with E-state index < -0.39 is 0 Å². The zero-order chi connectivity index (χ0) is 18.9. The molecule has 2 aliphatic rings. The van der Waals surface area contributed by atoms with Gasteiger partial charge in [0.25, 0.3) is 5.56 Å². The smallest absolute Gasteiger partial charge is 0.258 e. The van der Waals surface area contributed by atoms with Crippen LogP contribution >= 0.6 is 11.8 Å². The molecule has 0 aliphatic heterocycles. The normalized spacial score (nSPS) is 16.9. The molecular formula is C23H28N2OS. The minimum atomic E-state index is -0.0105. The Morgan fingerprint density at radius 3 is 2.81 bits per heavy atom. The van der Waals surface area contributed by atoms with Crippen molar-refractivity contribution in [2.24, 2.45) is 0 Å².